The van der Waals surface area contributed by atoms with E-state index in [9.17, 15) is 9.59 Å². The molecule has 19 heavy (non-hydrogen) atoms. The van der Waals surface area contributed by atoms with Crippen LogP contribution in [0.3, 0.4) is 0 Å². The highest BCUT2D eigenvalue weighted by Gasteiger charge is 2.44. The Bertz CT molecular complexity index is 506. The fourth-order valence-electron chi connectivity index (χ4n) is 2.33. The van der Waals surface area contributed by atoms with Crippen molar-refractivity contribution < 1.29 is 9.59 Å². The van der Waals surface area contributed by atoms with E-state index >= 15 is 0 Å². The van der Waals surface area contributed by atoms with Crippen LogP contribution in [0.5, 0.6) is 0 Å². The van der Waals surface area contributed by atoms with Gasteiger partial charge in [-0.25, -0.2) is 0 Å². The summed E-state index contributed by atoms with van der Waals surface area (Å²) in [6, 6.07) is 1.47. The molecule has 0 spiro atoms. The van der Waals surface area contributed by atoms with Crippen LogP contribution < -0.4 is 5.32 Å². The summed E-state index contributed by atoms with van der Waals surface area (Å²) in [7, 11) is 1.87. The molecule has 1 aromatic heterocycles. The molecule has 2 amide bonds. The van der Waals surface area contributed by atoms with Gasteiger partial charge in [0.15, 0.2) is 0 Å². The Morgan fingerprint density at radius 2 is 2.11 bits per heavy atom. The average molecular weight is 264 g/mol. The van der Waals surface area contributed by atoms with Crippen LogP contribution >= 0.6 is 0 Å². The van der Waals surface area contributed by atoms with E-state index in [1.54, 1.807) is 36.5 Å². The smallest absolute Gasteiger partial charge is 0.246 e. The summed E-state index contributed by atoms with van der Waals surface area (Å²) >= 11 is 0. The Morgan fingerprint density at radius 3 is 2.68 bits per heavy atom. The minimum absolute atomic E-state index is 0.0354. The van der Waals surface area contributed by atoms with Gasteiger partial charge in [0.1, 0.15) is 11.6 Å². The molecule has 1 aliphatic rings. The maximum absolute atomic E-state index is 12.2. The molecule has 1 unspecified atom stereocenters. The fraction of sp³-hybridized carbons (Fsp3) is 0.615. The molecular formula is C13H20N4O2. The summed E-state index contributed by atoms with van der Waals surface area (Å²) in [6.07, 6.45) is 2.42. The number of nitrogens with one attached hydrogen (secondary N) is 1. The van der Waals surface area contributed by atoms with Crippen molar-refractivity contribution in [2.45, 2.75) is 38.8 Å². The van der Waals surface area contributed by atoms with E-state index in [0.29, 0.717) is 13.0 Å². The van der Waals surface area contributed by atoms with Gasteiger partial charge >= 0.3 is 0 Å². The Morgan fingerprint density at radius 1 is 1.42 bits per heavy atom. The molecule has 104 valence electrons. The fourth-order valence-corrected chi connectivity index (χ4v) is 2.33. The lowest BCUT2D eigenvalue weighted by Crippen LogP contribution is -2.67. The van der Waals surface area contributed by atoms with Gasteiger partial charge in [-0.15, -0.1) is 0 Å². The molecule has 6 nitrogen and oxygen atoms in total. The average Bonchev–Trinajstić information content (AvgIpc) is 2.73. The number of nitrogens with zero attached hydrogens (tertiary/aromatic N) is 3. The third-order valence-corrected chi connectivity index (χ3v) is 3.73. The summed E-state index contributed by atoms with van der Waals surface area (Å²) in [5, 5.41) is 6.81. The number of rotatable bonds is 3. The van der Waals surface area contributed by atoms with Gasteiger partial charge in [-0.2, -0.15) is 5.10 Å². The van der Waals surface area contributed by atoms with Crippen LogP contribution in [0.4, 0.5) is 0 Å². The number of amides is 2. The zero-order chi connectivity index (χ0) is 14.2. The molecule has 1 saturated heterocycles. The number of hydrogen-bond donors (Lipinski definition) is 1. The van der Waals surface area contributed by atoms with E-state index in [-0.39, 0.29) is 11.8 Å². The highest BCUT2D eigenvalue weighted by atomic mass is 16.2. The Kier molecular flexibility index (Phi) is 3.34. The zero-order valence-corrected chi connectivity index (χ0v) is 11.8. The van der Waals surface area contributed by atoms with Crippen molar-refractivity contribution in [2.75, 3.05) is 6.54 Å². The van der Waals surface area contributed by atoms with E-state index < -0.39 is 11.6 Å². The highest BCUT2D eigenvalue weighted by molar-refractivity contribution is 5.99. The number of aromatic nitrogens is 2. The molecule has 1 aliphatic heterocycles. The van der Waals surface area contributed by atoms with Crippen molar-refractivity contribution in [1.29, 1.82) is 0 Å². The van der Waals surface area contributed by atoms with Crippen LogP contribution in [0.2, 0.25) is 0 Å². The lowest BCUT2D eigenvalue weighted by atomic mass is 9.95. The van der Waals surface area contributed by atoms with Gasteiger partial charge in [-0.05, 0) is 26.8 Å². The monoisotopic (exact) mass is 264 g/mol. The molecule has 0 aliphatic carbocycles. The summed E-state index contributed by atoms with van der Waals surface area (Å²) in [4.78, 5) is 25.9. The molecule has 1 fully saturated rings. The molecule has 0 bridgehead atoms. The normalized spacial score (nSPS) is 22.5. The molecular weight excluding hydrogens is 244 g/mol. The van der Waals surface area contributed by atoms with Crippen molar-refractivity contribution in [3.05, 3.63) is 18.0 Å². The van der Waals surface area contributed by atoms with Gasteiger partial charge in [0.2, 0.25) is 11.8 Å². The van der Waals surface area contributed by atoms with Crippen LogP contribution in [-0.2, 0) is 23.1 Å². The first-order valence-corrected chi connectivity index (χ1v) is 6.43. The van der Waals surface area contributed by atoms with Crippen molar-refractivity contribution in [3.63, 3.8) is 0 Å². The predicted octanol–water partition coefficient (Wildman–Crippen LogP) is 0.0881. The maximum atomic E-state index is 12.2. The van der Waals surface area contributed by atoms with Gasteiger partial charge in [0, 0.05) is 31.9 Å². The lowest BCUT2D eigenvalue weighted by Gasteiger charge is -2.43. The summed E-state index contributed by atoms with van der Waals surface area (Å²) < 4.78 is 1.78. The summed E-state index contributed by atoms with van der Waals surface area (Å²) in [6.45, 7) is 5.78. The zero-order valence-electron chi connectivity index (χ0n) is 11.8. The van der Waals surface area contributed by atoms with E-state index in [4.69, 9.17) is 0 Å². The molecule has 0 aromatic carbocycles. The summed E-state index contributed by atoms with van der Waals surface area (Å²) in [5.74, 6) is -0.142. The van der Waals surface area contributed by atoms with Gasteiger partial charge in [-0.3, -0.25) is 14.3 Å². The Labute approximate surface area is 112 Å². The third-order valence-electron chi connectivity index (χ3n) is 3.73. The second-order valence-corrected chi connectivity index (χ2v) is 5.44. The van der Waals surface area contributed by atoms with E-state index in [1.165, 1.54) is 0 Å². The van der Waals surface area contributed by atoms with Crippen molar-refractivity contribution in [1.82, 2.24) is 20.0 Å². The molecule has 2 rings (SSSR count). The topological polar surface area (TPSA) is 67.2 Å². The molecule has 2 heterocycles. The van der Waals surface area contributed by atoms with Crippen LogP contribution in [0.15, 0.2) is 12.3 Å². The SMILES string of the molecule is CC1NC(=O)C(C)(C)N(CCc2ccnn2C)C1=O. The van der Waals surface area contributed by atoms with Crippen LogP contribution in [0.25, 0.3) is 0 Å². The second kappa shape index (κ2) is 4.68. The molecule has 6 heteroatoms. The van der Waals surface area contributed by atoms with Crippen LogP contribution in [0.1, 0.15) is 26.5 Å². The molecule has 0 saturated carbocycles. The van der Waals surface area contributed by atoms with Gasteiger partial charge in [-0.1, -0.05) is 0 Å². The van der Waals surface area contributed by atoms with E-state index in [0.717, 1.165) is 5.69 Å². The Hall–Kier alpha value is -1.85. The highest BCUT2D eigenvalue weighted by Crippen LogP contribution is 2.21. The number of carbonyl (C=O) groups is 2. The molecule has 1 aromatic rings. The number of piperazine rings is 1. The minimum Gasteiger partial charge on any atom is -0.343 e. The maximum Gasteiger partial charge on any atom is 0.246 e. The number of aryl methyl sites for hydroxylation is 1. The van der Waals surface area contributed by atoms with Crippen molar-refractivity contribution >= 4 is 11.8 Å². The summed E-state index contributed by atoms with van der Waals surface area (Å²) in [5.41, 5.74) is 0.240. The quantitative estimate of drug-likeness (QED) is 0.841. The number of carbonyl (C=O) groups excluding carboxylic acids is 2. The van der Waals surface area contributed by atoms with Gasteiger partial charge in [0.05, 0.1) is 0 Å². The first-order valence-electron chi connectivity index (χ1n) is 6.43. The minimum atomic E-state index is -0.803. The molecule has 1 N–H and O–H groups in total. The number of hydrogen-bond acceptors (Lipinski definition) is 3. The standard InChI is InChI=1S/C13H20N4O2/c1-9-11(18)17(13(2,3)12(19)15-9)8-6-10-5-7-14-16(10)4/h5,7,9H,6,8H2,1-4H3,(H,15,19). The van der Waals surface area contributed by atoms with E-state index in [2.05, 4.69) is 10.4 Å². The predicted molar refractivity (Wildman–Crippen MR) is 70.3 cm³/mol. The third kappa shape index (κ3) is 2.34. The first-order chi connectivity index (χ1) is 8.84. The Balaban J connectivity index is 2.14. The van der Waals surface area contributed by atoms with Crippen molar-refractivity contribution in [3.8, 4) is 0 Å². The largest absolute Gasteiger partial charge is 0.343 e. The molecule has 0 radical (unpaired) electrons. The molecule has 1 atom stereocenters. The van der Waals surface area contributed by atoms with Gasteiger partial charge < -0.3 is 10.2 Å². The van der Waals surface area contributed by atoms with Crippen LogP contribution in [-0.4, -0.2) is 44.6 Å². The first kappa shape index (κ1) is 13.6. The van der Waals surface area contributed by atoms with Gasteiger partial charge in [0.25, 0.3) is 0 Å². The lowest BCUT2D eigenvalue weighted by molar-refractivity contribution is -0.154. The van der Waals surface area contributed by atoms with E-state index in [1.807, 2.05) is 13.1 Å². The van der Waals surface area contributed by atoms with Crippen LogP contribution in [0, 0.1) is 0 Å². The van der Waals surface area contributed by atoms with Crippen molar-refractivity contribution in [2.24, 2.45) is 7.05 Å². The second-order valence-electron chi connectivity index (χ2n) is 5.44.